The molecule has 4 rings (SSSR count). The van der Waals surface area contributed by atoms with Crippen LogP contribution in [-0.2, 0) is 33.1 Å². The van der Waals surface area contributed by atoms with Crippen LogP contribution in [0.3, 0.4) is 0 Å². The largest absolute Gasteiger partial charge is 0.493 e. The second-order valence-electron chi connectivity index (χ2n) is 8.78. The molecule has 13 heteroatoms. The van der Waals surface area contributed by atoms with E-state index in [1.807, 2.05) is 6.92 Å². The highest BCUT2D eigenvalue weighted by atomic mass is 32.2. The molecule has 0 saturated carbocycles. The Labute approximate surface area is 214 Å². The van der Waals surface area contributed by atoms with Gasteiger partial charge in [-0.15, -0.1) is 0 Å². The van der Waals surface area contributed by atoms with E-state index in [0.717, 1.165) is 6.42 Å². The first-order valence-electron chi connectivity index (χ1n) is 12.1. The summed E-state index contributed by atoms with van der Waals surface area (Å²) in [7, 11) is -2.26. The van der Waals surface area contributed by atoms with Gasteiger partial charge >= 0.3 is 0 Å². The van der Waals surface area contributed by atoms with Crippen molar-refractivity contribution in [1.29, 1.82) is 0 Å². The van der Waals surface area contributed by atoms with Crippen LogP contribution in [-0.4, -0.2) is 81.8 Å². The fourth-order valence-corrected chi connectivity index (χ4v) is 5.87. The summed E-state index contributed by atoms with van der Waals surface area (Å²) in [5.74, 6) is -0.646. The molecule has 198 valence electrons. The Balaban J connectivity index is 1.75. The molecule has 1 N–H and O–H groups in total. The molecule has 1 saturated heterocycles. The van der Waals surface area contributed by atoms with E-state index in [1.54, 1.807) is 20.0 Å². The number of nitrogens with one attached hydrogen (secondary N) is 1. The Kier molecular flexibility index (Phi) is 7.46. The molecule has 0 radical (unpaired) electrons. The molecule has 0 aliphatic carbocycles. The standard InChI is InChI=1S/C24H30N6O6S/c1-5-7-18-20-21(28(4)27-18)23(32)26-22(25-20)17-14-16(8-9-19(17)36-6-2)37(34,35)30-12-10-29(11-13-30)24(33)15(3)31/h8-9,14H,5-7,10-13H2,1-4H3,(H,25,26,32). The smallest absolute Gasteiger partial charge is 0.289 e. The summed E-state index contributed by atoms with van der Waals surface area (Å²) >= 11 is 0. The predicted octanol–water partition coefficient (Wildman–Crippen LogP) is 1.10. The van der Waals surface area contributed by atoms with Gasteiger partial charge in [-0.3, -0.25) is 19.1 Å². The first-order chi connectivity index (χ1) is 17.6. The lowest BCUT2D eigenvalue weighted by Crippen LogP contribution is -2.51. The predicted molar refractivity (Wildman–Crippen MR) is 136 cm³/mol. The Morgan fingerprint density at radius 3 is 2.46 bits per heavy atom. The van der Waals surface area contributed by atoms with E-state index >= 15 is 0 Å². The van der Waals surface area contributed by atoms with Gasteiger partial charge in [-0.1, -0.05) is 13.3 Å². The third-order valence-corrected chi connectivity index (χ3v) is 8.11. The van der Waals surface area contributed by atoms with Gasteiger partial charge in [-0.2, -0.15) is 9.40 Å². The normalized spacial score (nSPS) is 14.8. The number of H-pyrrole nitrogens is 1. The highest BCUT2D eigenvalue weighted by Crippen LogP contribution is 2.32. The molecule has 1 amide bonds. The first-order valence-corrected chi connectivity index (χ1v) is 13.6. The summed E-state index contributed by atoms with van der Waals surface area (Å²) in [5.41, 5.74) is 1.43. The fraction of sp³-hybridized carbons (Fsp3) is 0.458. The van der Waals surface area contributed by atoms with Crippen LogP contribution in [0.4, 0.5) is 0 Å². The number of aryl methyl sites for hydroxylation is 2. The van der Waals surface area contributed by atoms with Gasteiger partial charge in [0.15, 0.2) is 5.52 Å². The summed E-state index contributed by atoms with van der Waals surface area (Å²) in [5, 5.41) is 4.43. The molecule has 0 bridgehead atoms. The molecule has 0 spiro atoms. The second-order valence-corrected chi connectivity index (χ2v) is 10.7. The van der Waals surface area contributed by atoms with Crippen LogP contribution in [0.25, 0.3) is 22.4 Å². The summed E-state index contributed by atoms with van der Waals surface area (Å²) < 4.78 is 35.5. The minimum Gasteiger partial charge on any atom is -0.493 e. The molecule has 12 nitrogen and oxygen atoms in total. The maximum absolute atomic E-state index is 13.5. The summed E-state index contributed by atoms with van der Waals surface area (Å²) in [6, 6.07) is 4.43. The second kappa shape index (κ2) is 10.4. The van der Waals surface area contributed by atoms with Crippen molar-refractivity contribution in [3.63, 3.8) is 0 Å². The van der Waals surface area contributed by atoms with E-state index < -0.39 is 21.7 Å². The van der Waals surface area contributed by atoms with Crippen LogP contribution in [0.2, 0.25) is 0 Å². The number of aromatic nitrogens is 4. The number of amides is 1. The molecule has 1 aromatic carbocycles. The Morgan fingerprint density at radius 2 is 1.84 bits per heavy atom. The van der Waals surface area contributed by atoms with Crippen molar-refractivity contribution in [2.75, 3.05) is 32.8 Å². The quantitative estimate of drug-likeness (QED) is 0.426. The van der Waals surface area contributed by atoms with Crippen LogP contribution in [0.1, 0.15) is 32.9 Å². The first kappa shape index (κ1) is 26.5. The number of rotatable bonds is 8. The van der Waals surface area contributed by atoms with E-state index in [2.05, 4.69) is 15.1 Å². The van der Waals surface area contributed by atoms with E-state index in [1.165, 1.54) is 32.9 Å². The van der Waals surface area contributed by atoms with E-state index in [9.17, 15) is 22.8 Å². The number of fused-ring (bicyclic) bond motifs is 1. The van der Waals surface area contributed by atoms with Gasteiger partial charge in [0.2, 0.25) is 15.8 Å². The lowest BCUT2D eigenvalue weighted by atomic mass is 10.1. The molecule has 2 aromatic heterocycles. The molecule has 3 heterocycles. The maximum atomic E-state index is 13.5. The minimum atomic E-state index is -3.94. The third-order valence-electron chi connectivity index (χ3n) is 6.22. The topological polar surface area (TPSA) is 148 Å². The number of Topliss-reactive ketones (excluding diaryl/α,β-unsaturated/α-hetero) is 1. The van der Waals surface area contributed by atoms with Gasteiger partial charge in [-0.25, -0.2) is 13.4 Å². The fourth-order valence-electron chi connectivity index (χ4n) is 4.42. The highest BCUT2D eigenvalue weighted by Gasteiger charge is 2.32. The van der Waals surface area contributed by atoms with E-state index in [0.29, 0.717) is 41.1 Å². The zero-order valence-corrected chi connectivity index (χ0v) is 22.1. The van der Waals surface area contributed by atoms with Crippen molar-refractivity contribution >= 4 is 32.7 Å². The number of sulfonamides is 1. The number of ketones is 1. The Bertz CT molecular complexity index is 1520. The number of carbonyl (C=O) groups is 2. The van der Waals surface area contributed by atoms with Crippen molar-refractivity contribution < 1.29 is 22.7 Å². The molecule has 0 unspecified atom stereocenters. The summed E-state index contributed by atoms with van der Waals surface area (Å²) in [6.07, 6.45) is 1.46. The highest BCUT2D eigenvalue weighted by molar-refractivity contribution is 7.89. The van der Waals surface area contributed by atoms with Crippen molar-refractivity contribution in [2.45, 2.75) is 38.5 Å². The molecule has 3 aromatic rings. The molecule has 37 heavy (non-hydrogen) atoms. The number of benzene rings is 1. The van der Waals surface area contributed by atoms with Crippen LogP contribution in [0.5, 0.6) is 5.75 Å². The number of piperazine rings is 1. The summed E-state index contributed by atoms with van der Waals surface area (Å²) in [6.45, 7) is 5.68. The van der Waals surface area contributed by atoms with E-state index in [4.69, 9.17) is 4.74 Å². The molecule has 1 aliphatic heterocycles. The molecule has 1 fully saturated rings. The van der Waals surface area contributed by atoms with Crippen molar-refractivity contribution in [2.24, 2.45) is 7.05 Å². The third kappa shape index (κ3) is 5.01. The van der Waals surface area contributed by atoms with Gasteiger partial charge in [-0.05, 0) is 31.5 Å². The van der Waals surface area contributed by atoms with Crippen molar-refractivity contribution in [3.05, 3.63) is 34.2 Å². The number of nitrogens with zero attached hydrogens (tertiary/aromatic N) is 5. The zero-order valence-electron chi connectivity index (χ0n) is 21.3. The SMILES string of the molecule is CCCc1nn(C)c2c(=O)[nH]c(-c3cc(S(=O)(=O)N4CCN(C(=O)C(C)=O)CC4)ccc3OCC)nc12. The van der Waals surface area contributed by atoms with Gasteiger partial charge in [0.1, 0.15) is 17.1 Å². The average molecular weight is 531 g/mol. The number of ether oxygens (including phenoxy) is 1. The number of hydrogen-bond acceptors (Lipinski definition) is 8. The van der Waals surface area contributed by atoms with Crippen LogP contribution in [0, 0.1) is 0 Å². The molecular formula is C24H30N6O6S. The lowest BCUT2D eigenvalue weighted by Gasteiger charge is -2.33. The Morgan fingerprint density at radius 1 is 1.14 bits per heavy atom. The maximum Gasteiger partial charge on any atom is 0.289 e. The summed E-state index contributed by atoms with van der Waals surface area (Å²) in [4.78, 5) is 45.1. The molecular weight excluding hydrogens is 500 g/mol. The zero-order chi connectivity index (χ0) is 26.9. The van der Waals surface area contributed by atoms with Crippen LogP contribution in [0.15, 0.2) is 27.9 Å². The lowest BCUT2D eigenvalue weighted by molar-refractivity contribution is -0.144. The van der Waals surface area contributed by atoms with Crippen molar-refractivity contribution in [1.82, 2.24) is 29.0 Å². The Hall–Kier alpha value is -3.58. The molecule has 0 atom stereocenters. The average Bonchev–Trinajstić information content (AvgIpc) is 3.19. The number of carbonyl (C=O) groups excluding carboxylic acids is 2. The van der Waals surface area contributed by atoms with Crippen molar-refractivity contribution in [3.8, 4) is 17.1 Å². The number of hydrogen-bond donors (Lipinski definition) is 1. The number of aromatic amines is 1. The van der Waals surface area contributed by atoms with Crippen LogP contribution >= 0.6 is 0 Å². The monoisotopic (exact) mass is 530 g/mol. The van der Waals surface area contributed by atoms with Gasteiger partial charge in [0, 0.05) is 40.2 Å². The van der Waals surface area contributed by atoms with E-state index in [-0.39, 0.29) is 42.5 Å². The van der Waals surface area contributed by atoms with Gasteiger partial charge in [0.25, 0.3) is 11.5 Å². The minimum absolute atomic E-state index is 0.0000109. The van der Waals surface area contributed by atoms with Gasteiger partial charge in [0.05, 0.1) is 22.8 Å². The molecule has 1 aliphatic rings. The van der Waals surface area contributed by atoms with Gasteiger partial charge < -0.3 is 14.6 Å². The van der Waals surface area contributed by atoms with Crippen LogP contribution < -0.4 is 10.3 Å².